The number of benzene rings is 2. The Balaban J connectivity index is 1.74. The molecular formula is C18H20N2O2S. The van der Waals surface area contributed by atoms with Gasteiger partial charge in [-0.2, -0.15) is 0 Å². The van der Waals surface area contributed by atoms with E-state index < -0.39 is 10.0 Å². The van der Waals surface area contributed by atoms with Crippen LogP contribution in [0.2, 0.25) is 0 Å². The van der Waals surface area contributed by atoms with Gasteiger partial charge in [-0.05, 0) is 35.2 Å². The number of rotatable bonds is 5. The highest BCUT2D eigenvalue weighted by atomic mass is 32.2. The van der Waals surface area contributed by atoms with Gasteiger partial charge in [-0.15, -0.1) is 0 Å². The molecule has 0 aromatic heterocycles. The van der Waals surface area contributed by atoms with Gasteiger partial charge in [-0.25, -0.2) is 13.1 Å². The van der Waals surface area contributed by atoms with E-state index in [4.69, 9.17) is 0 Å². The summed E-state index contributed by atoms with van der Waals surface area (Å²) in [6, 6.07) is 15.0. The number of hydrogen-bond acceptors (Lipinski definition) is 3. The highest BCUT2D eigenvalue weighted by Crippen LogP contribution is 2.24. The van der Waals surface area contributed by atoms with Crippen molar-refractivity contribution in [3.05, 3.63) is 65.7 Å². The monoisotopic (exact) mass is 328 g/mol. The molecule has 0 spiro atoms. The molecule has 0 aliphatic carbocycles. The van der Waals surface area contributed by atoms with Gasteiger partial charge >= 0.3 is 0 Å². The van der Waals surface area contributed by atoms with Crippen molar-refractivity contribution in [2.45, 2.75) is 17.7 Å². The zero-order valence-corrected chi connectivity index (χ0v) is 13.8. The van der Waals surface area contributed by atoms with Crippen LogP contribution in [0.1, 0.15) is 24.0 Å². The fraction of sp³-hybridized carbons (Fsp3) is 0.222. The average molecular weight is 328 g/mol. The Labute approximate surface area is 137 Å². The Bertz CT molecular complexity index is 814. The summed E-state index contributed by atoms with van der Waals surface area (Å²) in [5, 5.41) is 3.21. The molecule has 0 radical (unpaired) electrons. The molecule has 2 aromatic rings. The first-order valence-corrected chi connectivity index (χ1v) is 9.14. The molecular weight excluding hydrogens is 308 g/mol. The highest BCUT2D eigenvalue weighted by molar-refractivity contribution is 7.89. The second-order valence-electron chi connectivity index (χ2n) is 5.70. The van der Waals surface area contributed by atoms with Crippen LogP contribution in [0.4, 0.5) is 5.69 Å². The van der Waals surface area contributed by atoms with E-state index in [2.05, 4.69) is 10.0 Å². The third-order valence-electron chi connectivity index (χ3n) is 3.99. The SMILES string of the molecule is CC(CNS(=O)(=O)c1ccc2c(c1)C=CCN2)c1ccccc1. The number of fused-ring (bicyclic) bond motifs is 1. The molecule has 0 amide bonds. The highest BCUT2D eigenvalue weighted by Gasteiger charge is 2.17. The van der Waals surface area contributed by atoms with Gasteiger partial charge in [-0.3, -0.25) is 0 Å². The lowest BCUT2D eigenvalue weighted by Crippen LogP contribution is -2.27. The van der Waals surface area contributed by atoms with E-state index >= 15 is 0 Å². The summed E-state index contributed by atoms with van der Waals surface area (Å²) in [7, 11) is -3.51. The molecule has 1 aliphatic rings. The lowest BCUT2D eigenvalue weighted by Gasteiger charge is -2.16. The third-order valence-corrected chi connectivity index (χ3v) is 5.41. The Morgan fingerprint density at radius 1 is 1.17 bits per heavy atom. The molecule has 120 valence electrons. The summed E-state index contributed by atoms with van der Waals surface area (Å²) in [5.74, 6) is 0.116. The molecule has 0 fully saturated rings. The van der Waals surface area contributed by atoms with E-state index in [-0.39, 0.29) is 5.92 Å². The van der Waals surface area contributed by atoms with E-state index in [0.29, 0.717) is 11.4 Å². The molecule has 1 aliphatic heterocycles. The summed E-state index contributed by atoms with van der Waals surface area (Å²) in [6.07, 6.45) is 3.92. The Morgan fingerprint density at radius 3 is 2.74 bits per heavy atom. The van der Waals surface area contributed by atoms with Crippen molar-refractivity contribution in [2.24, 2.45) is 0 Å². The van der Waals surface area contributed by atoms with Crippen LogP contribution in [-0.2, 0) is 10.0 Å². The number of anilines is 1. The van der Waals surface area contributed by atoms with Crippen molar-refractivity contribution < 1.29 is 8.42 Å². The fourth-order valence-corrected chi connectivity index (χ4v) is 3.74. The molecule has 1 atom stereocenters. The molecule has 4 nitrogen and oxygen atoms in total. The zero-order chi connectivity index (χ0) is 16.3. The molecule has 5 heteroatoms. The predicted octanol–water partition coefficient (Wildman–Crippen LogP) is 3.21. The van der Waals surface area contributed by atoms with Crippen molar-refractivity contribution >= 4 is 21.8 Å². The Kier molecular flexibility index (Phi) is 4.50. The van der Waals surface area contributed by atoms with Crippen molar-refractivity contribution in [3.63, 3.8) is 0 Å². The van der Waals surface area contributed by atoms with Crippen LogP contribution in [0.25, 0.3) is 6.08 Å². The van der Waals surface area contributed by atoms with E-state index in [1.54, 1.807) is 12.1 Å². The molecule has 1 heterocycles. The second kappa shape index (κ2) is 6.56. The zero-order valence-electron chi connectivity index (χ0n) is 13.0. The maximum absolute atomic E-state index is 12.5. The minimum atomic E-state index is -3.51. The summed E-state index contributed by atoms with van der Waals surface area (Å²) in [5.41, 5.74) is 2.98. The predicted molar refractivity (Wildman–Crippen MR) is 94.0 cm³/mol. The summed E-state index contributed by atoms with van der Waals surface area (Å²) >= 11 is 0. The smallest absolute Gasteiger partial charge is 0.240 e. The van der Waals surface area contributed by atoms with Crippen LogP contribution in [-0.4, -0.2) is 21.5 Å². The van der Waals surface area contributed by atoms with Gasteiger partial charge in [0, 0.05) is 18.8 Å². The average Bonchev–Trinajstić information content (AvgIpc) is 2.60. The fourth-order valence-electron chi connectivity index (χ4n) is 2.58. The van der Waals surface area contributed by atoms with Gasteiger partial charge in [0.05, 0.1) is 4.90 Å². The standard InChI is InChI=1S/C18H20N2O2S/c1-14(15-6-3-2-4-7-15)13-20-23(21,22)17-9-10-18-16(12-17)8-5-11-19-18/h2-10,12,14,19-20H,11,13H2,1H3. The Hall–Kier alpha value is -2.11. The van der Waals surface area contributed by atoms with Crippen LogP contribution in [0.15, 0.2) is 59.5 Å². The van der Waals surface area contributed by atoms with E-state index in [0.717, 1.165) is 23.4 Å². The summed E-state index contributed by atoms with van der Waals surface area (Å²) in [4.78, 5) is 0.296. The van der Waals surface area contributed by atoms with Gasteiger partial charge in [0.2, 0.25) is 10.0 Å². The second-order valence-corrected chi connectivity index (χ2v) is 7.46. The first-order valence-electron chi connectivity index (χ1n) is 7.65. The minimum Gasteiger partial charge on any atom is -0.381 e. The van der Waals surface area contributed by atoms with Gasteiger partial charge in [0.1, 0.15) is 0 Å². The molecule has 1 unspecified atom stereocenters. The number of nitrogens with one attached hydrogen (secondary N) is 2. The Morgan fingerprint density at radius 2 is 1.96 bits per heavy atom. The molecule has 3 rings (SSSR count). The number of sulfonamides is 1. The van der Waals surface area contributed by atoms with E-state index in [1.807, 2.05) is 55.5 Å². The topological polar surface area (TPSA) is 58.2 Å². The molecule has 0 saturated carbocycles. The van der Waals surface area contributed by atoms with E-state index in [1.165, 1.54) is 0 Å². The molecule has 23 heavy (non-hydrogen) atoms. The van der Waals surface area contributed by atoms with Crippen LogP contribution >= 0.6 is 0 Å². The van der Waals surface area contributed by atoms with E-state index in [9.17, 15) is 8.42 Å². The van der Waals surface area contributed by atoms with Gasteiger partial charge < -0.3 is 5.32 Å². The lowest BCUT2D eigenvalue weighted by atomic mass is 10.0. The lowest BCUT2D eigenvalue weighted by molar-refractivity contribution is 0.575. The maximum atomic E-state index is 12.5. The van der Waals surface area contributed by atoms with Gasteiger partial charge in [0.25, 0.3) is 0 Å². The van der Waals surface area contributed by atoms with Crippen LogP contribution in [0.3, 0.4) is 0 Å². The van der Waals surface area contributed by atoms with Crippen LogP contribution < -0.4 is 10.0 Å². The molecule has 0 saturated heterocycles. The van der Waals surface area contributed by atoms with Gasteiger partial charge in [-0.1, -0.05) is 49.4 Å². The van der Waals surface area contributed by atoms with Crippen molar-refractivity contribution in [3.8, 4) is 0 Å². The molecule has 2 N–H and O–H groups in total. The third kappa shape index (κ3) is 3.63. The van der Waals surface area contributed by atoms with Gasteiger partial charge in [0.15, 0.2) is 0 Å². The number of hydrogen-bond donors (Lipinski definition) is 2. The minimum absolute atomic E-state index is 0.116. The van der Waals surface area contributed by atoms with Crippen molar-refractivity contribution in [1.82, 2.24) is 4.72 Å². The first kappa shape index (κ1) is 15.8. The quantitative estimate of drug-likeness (QED) is 0.886. The van der Waals surface area contributed by atoms with Crippen LogP contribution in [0.5, 0.6) is 0 Å². The van der Waals surface area contributed by atoms with Crippen LogP contribution in [0, 0.1) is 0 Å². The van der Waals surface area contributed by atoms with Crippen molar-refractivity contribution in [2.75, 3.05) is 18.4 Å². The normalized spacial score (nSPS) is 14.8. The summed E-state index contributed by atoms with van der Waals surface area (Å²) in [6.45, 7) is 3.15. The molecule has 2 aromatic carbocycles. The maximum Gasteiger partial charge on any atom is 0.240 e. The first-order chi connectivity index (χ1) is 11.1. The van der Waals surface area contributed by atoms with Crippen molar-refractivity contribution in [1.29, 1.82) is 0 Å². The summed E-state index contributed by atoms with van der Waals surface area (Å²) < 4.78 is 27.7. The molecule has 0 bridgehead atoms. The largest absolute Gasteiger partial charge is 0.381 e.